The van der Waals surface area contributed by atoms with E-state index in [1.54, 1.807) is 0 Å². The van der Waals surface area contributed by atoms with Crippen LogP contribution >= 0.6 is 0 Å². The predicted molar refractivity (Wildman–Crippen MR) is 97.0 cm³/mol. The van der Waals surface area contributed by atoms with E-state index in [2.05, 4.69) is 43.6 Å². The highest BCUT2D eigenvalue weighted by molar-refractivity contribution is 6.39. The molecule has 1 aliphatic heterocycles. The Bertz CT molecular complexity index is 634. The Morgan fingerprint density at radius 2 is 1.62 bits per heavy atom. The van der Waals surface area contributed by atoms with Crippen molar-refractivity contribution < 1.29 is 9.59 Å². The molecule has 132 valence electrons. The topological polar surface area (TPSA) is 70.2 Å². The van der Waals surface area contributed by atoms with Crippen LogP contribution in [0.2, 0.25) is 0 Å². The number of carbonyl (C=O) groups is 2. The Labute approximate surface area is 144 Å². The maximum atomic E-state index is 12.3. The average molecular weight is 331 g/mol. The Morgan fingerprint density at radius 3 is 2.17 bits per heavy atom. The van der Waals surface area contributed by atoms with Crippen molar-refractivity contribution >= 4 is 17.5 Å². The Hall–Kier alpha value is -1.88. The molecule has 1 aromatic carbocycles. The van der Waals surface area contributed by atoms with Crippen molar-refractivity contribution in [1.29, 1.82) is 0 Å². The van der Waals surface area contributed by atoms with Gasteiger partial charge in [0.1, 0.15) is 0 Å². The third-order valence-corrected chi connectivity index (χ3v) is 4.36. The lowest BCUT2D eigenvalue weighted by atomic mass is 9.79. The van der Waals surface area contributed by atoms with Gasteiger partial charge in [0.15, 0.2) is 0 Å². The summed E-state index contributed by atoms with van der Waals surface area (Å²) in [5, 5.41) is 9.16. The van der Waals surface area contributed by atoms with Gasteiger partial charge < -0.3 is 16.0 Å². The van der Waals surface area contributed by atoms with Gasteiger partial charge >= 0.3 is 11.8 Å². The minimum atomic E-state index is -0.615. The van der Waals surface area contributed by atoms with E-state index in [9.17, 15) is 9.59 Å². The standard InChI is InChI=1S/C19H29N3O2/c1-12-7-8-15(13(2)9-12)21-17(24)16(23)20-14-10-18(3,4)22-19(5,6)11-14/h7-9,14,22H,10-11H2,1-6H3,(H,20,23)(H,21,24). The summed E-state index contributed by atoms with van der Waals surface area (Å²) in [6.07, 6.45) is 1.58. The second-order valence-electron chi connectivity index (χ2n) is 8.24. The summed E-state index contributed by atoms with van der Waals surface area (Å²) in [6.45, 7) is 12.4. The van der Waals surface area contributed by atoms with Crippen molar-refractivity contribution in [2.75, 3.05) is 5.32 Å². The number of hydrogen-bond donors (Lipinski definition) is 3. The molecule has 3 N–H and O–H groups in total. The van der Waals surface area contributed by atoms with Crippen molar-refractivity contribution in [2.24, 2.45) is 0 Å². The highest BCUT2D eigenvalue weighted by atomic mass is 16.2. The van der Waals surface area contributed by atoms with E-state index < -0.39 is 11.8 Å². The maximum Gasteiger partial charge on any atom is 0.313 e. The predicted octanol–water partition coefficient (Wildman–Crippen LogP) is 2.67. The van der Waals surface area contributed by atoms with Gasteiger partial charge in [-0.3, -0.25) is 9.59 Å². The highest BCUT2D eigenvalue weighted by Gasteiger charge is 2.38. The van der Waals surface area contributed by atoms with E-state index >= 15 is 0 Å². The normalized spacial score (nSPS) is 19.6. The number of amides is 2. The monoisotopic (exact) mass is 331 g/mol. The van der Waals surface area contributed by atoms with Crippen LogP contribution in [0.4, 0.5) is 5.69 Å². The zero-order chi connectivity index (χ0) is 18.1. The number of hydrogen-bond acceptors (Lipinski definition) is 3. The first-order valence-electron chi connectivity index (χ1n) is 8.46. The molecule has 2 amide bonds. The highest BCUT2D eigenvalue weighted by Crippen LogP contribution is 2.28. The molecule has 2 rings (SSSR count). The fraction of sp³-hybridized carbons (Fsp3) is 0.579. The van der Waals surface area contributed by atoms with Gasteiger partial charge in [0, 0.05) is 22.8 Å². The minimum absolute atomic E-state index is 0.0198. The molecule has 5 nitrogen and oxygen atoms in total. The van der Waals surface area contributed by atoms with Crippen LogP contribution in [0.1, 0.15) is 51.7 Å². The first-order valence-corrected chi connectivity index (χ1v) is 8.46. The van der Waals surface area contributed by atoms with Gasteiger partial charge in [-0.05, 0) is 66.0 Å². The van der Waals surface area contributed by atoms with E-state index in [0.717, 1.165) is 24.0 Å². The van der Waals surface area contributed by atoms with Crippen LogP contribution in [0, 0.1) is 13.8 Å². The van der Waals surface area contributed by atoms with E-state index in [-0.39, 0.29) is 17.1 Å². The number of carbonyl (C=O) groups excluding carboxylic acids is 2. The molecule has 1 aromatic rings. The first kappa shape index (κ1) is 18.5. The van der Waals surface area contributed by atoms with Gasteiger partial charge in [-0.25, -0.2) is 0 Å². The molecule has 1 heterocycles. The fourth-order valence-electron chi connectivity index (χ4n) is 3.81. The molecule has 0 aromatic heterocycles. The lowest BCUT2D eigenvalue weighted by molar-refractivity contribution is -0.137. The van der Waals surface area contributed by atoms with Crippen LogP contribution in [0.15, 0.2) is 18.2 Å². The quantitative estimate of drug-likeness (QED) is 0.730. The van der Waals surface area contributed by atoms with E-state index in [0.29, 0.717) is 5.69 Å². The third kappa shape index (κ3) is 4.81. The molecule has 24 heavy (non-hydrogen) atoms. The van der Waals surface area contributed by atoms with Crippen molar-refractivity contribution in [3.63, 3.8) is 0 Å². The van der Waals surface area contributed by atoms with Crippen LogP contribution in [0.5, 0.6) is 0 Å². The fourth-order valence-corrected chi connectivity index (χ4v) is 3.81. The zero-order valence-corrected chi connectivity index (χ0v) is 15.5. The van der Waals surface area contributed by atoms with Crippen molar-refractivity contribution in [2.45, 2.75) is 71.5 Å². The van der Waals surface area contributed by atoms with Gasteiger partial charge in [0.25, 0.3) is 0 Å². The Kier molecular flexibility index (Phi) is 5.04. The SMILES string of the molecule is Cc1ccc(NC(=O)C(=O)NC2CC(C)(C)NC(C)(C)C2)c(C)c1. The van der Waals surface area contributed by atoms with E-state index in [1.165, 1.54) is 0 Å². The molecule has 0 unspecified atom stereocenters. The number of piperidine rings is 1. The van der Waals surface area contributed by atoms with Gasteiger partial charge in [-0.1, -0.05) is 17.7 Å². The molecule has 0 bridgehead atoms. The summed E-state index contributed by atoms with van der Waals surface area (Å²) >= 11 is 0. The number of anilines is 1. The van der Waals surface area contributed by atoms with Gasteiger partial charge in [0.2, 0.25) is 0 Å². The molecule has 0 aliphatic carbocycles. The van der Waals surface area contributed by atoms with Gasteiger partial charge in [-0.2, -0.15) is 0 Å². The molecular formula is C19H29N3O2. The average Bonchev–Trinajstić information content (AvgIpc) is 2.38. The molecule has 0 saturated carbocycles. The molecule has 1 fully saturated rings. The molecule has 0 radical (unpaired) electrons. The summed E-state index contributed by atoms with van der Waals surface area (Å²) < 4.78 is 0. The van der Waals surface area contributed by atoms with Gasteiger partial charge in [0.05, 0.1) is 0 Å². The third-order valence-electron chi connectivity index (χ3n) is 4.36. The van der Waals surface area contributed by atoms with E-state index in [4.69, 9.17) is 0 Å². The summed E-state index contributed by atoms with van der Waals surface area (Å²) in [6, 6.07) is 5.70. The number of rotatable bonds is 2. The van der Waals surface area contributed by atoms with Crippen LogP contribution in [-0.4, -0.2) is 28.9 Å². The number of nitrogens with one attached hydrogen (secondary N) is 3. The summed E-state index contributed by atoms with van der Waals surface area (Å²) in [4.78, 5) is 24.5. The molecule has 0 spiro atoms. The first-order chi connectivity index (χ1) is 11.0. The molecule has 5 heteroatoms. The molecule has 1 saturated heterocycles. The van der Waals surface area contributed by atoms with Crippen LogP contribution < -0.4 is 16.0 Å². The maximum absolute atomic E-state index is 12.3. The lowest BCUT2D eigenvalue weighted by Crippen LogP contribution is -2.62. The summed E-state index contributed by atoms with van der Waals surface area (Å²) in [5.41, 5.74) is 2.58. The van der Waals surface area contributed by atoms with Crippen molar-refractivity contribution in [3.05, 3.63) is 29.3 Å². The molecule has 1 aliphatic rings. The second kappa shape index (κ2) is 6.55. The number of aryl methyl sites for hydroxylation is 2. The van der Waals surface area contributed by atoms with Crippen LogP contribution in [0.3, 0.4) is 0 Å². The van der Waals surface area contributed by atoms with E-state index in [1.807, 2.05) is 32.0 Å². The Morgan fingerprint density at radius 1 is 1.04 bits per heavy atom. The number of benzene rings is 1. The molecule has 0 atom stereocenters. The lowest BCUT2D eigenvalue weighted by Gasteiger charge is -2.46. The van der Waals surface area contributed by atoms with Gasteiger partial charge in [-0.15, -0.1) is 0 Å². The van der Waals surface area contributed by atoms with Crippen molar-refractivity contribution in [3.8, 4) is 0 Å². The minimum Gasteiger partial charge on any atom is -0.345 e. The smallest absolute Gasteiger partial charge is 0.313 e. The summed E-state index contributed by atoms with van der Waals surface area (Å²) in [5.74, 6) is -1.19. The Balaban J connectivity index is 2.00. The van der Waals surface area contributed by atoms with Crippen LogP contribution in [0.25, 0.3) is 0 Å². The molecular weight excluding hydrogens is 302 g/mol. The zero-order valence-electron chi connectivity index (χ0n) is 15.5. The van der Waals surface area contributed by atoms with Crippen LogP contribution in [-0.2, 0) is 9.59 Å². The van der Waals surface area contributed by atoms with Crippen molar-refractivity contribution in [1.82, 2.24) is 10.6 Å². The second-order valence-corrected chi connectivity index (χ2v) is 8.24. The summed E-state index contributed by atoms with van der Waals surface area (Å²) in [7, 11) is 0. The largest absolute Gasteiger partial charge is 0.345 e.